The van der Waals surface area contributed by atoms with Crippen molar-refractivity contribution in [3.05, 3.63) is 59.7 Å². The maximum absolute atomic E-state index is 5.78. The molecule has 0 spiro atoms. The van der Waals surface area contributed by atoms with Crippen LogP contribution in [0.1, 0.15) is 25.0 Å². The molecule has 1 heterocycles. The number of nitrogens with zero attached hydrogens (tertiary/aromatic N) is 1. The minimum atomic E-state index is 0.609. The van der Waals surface area contributed by atoms with E-state index in [-0.39, 0.29) is 0 Å². The van der Waals surface area contributed by atoms with Crippen LogP contribution >= 0.6 is 12.2 Å². The number of quaternary nitrogens is 1. The lowest BCUT2D eigenvalue weighted by atomic mass is 10.1. The highest BCUT2D eigenvalue weighted by atomic mass is 32.1. The molecule has 1 aliphatic rings. The summed E-state index contributed by atoms with van der Waals surface area (Å²) in [6.45, 7) is 10.4. The van der Waals surface area contributed by atoms with Crippen molar-refractivity contribution < 1.29 is 14.4 Å². The van der Waals surface area contributed by atoms with Crippen molar-refractivity contribution in [2.45, 2.75) is 20.4 Å². The van der Waals surface area contributed by atoms with Gasteiger partial charge >= 0.3 is 0 Å². The van der Waals surface area contributed by atoms with Crippen LogP contribution in [0.4, 0.5) is 0 Å². The van der Waals surface area contributed by atoms with E-state index in [1.807, 2.05) is 32.0 Å². The third kappa shape index (κ3) is 5.21. The second-order valence-electron chi connectivity index (χ2n) is 6.73. The SMILES string of the molecule is CCOc1ccc(C(=S)N2CC[NH+](Cc3ccccc3)CC2)cc1OCC. The van der Waals surface area contributed by atoms with Crippen LogP contribution in [0.15, 0.2) is 48.5 Å². The molecule has 0 aliphatic carbocycles. The number of hydrogen-bond donors (Lipinski definition) is 1. The molecule has 0 radical (unpaired) electrons. The molecule has 2 aromatic rings. The predicted molar refractivity (Wildman–Crippen MR) is 113 cm³/mol. The Kier molecular flexibility index (Phi) is 7.07. The zero-order valence-corrected chi connectivity index (χ0v) is 17.1. The first-order chi connectivity index (χ1) is 13.2. The van der Waals surface area contributed by atoms with Crippen LogP contribution in [0.25, 0.3) is 0 Å². The van der Waals surface area contributed by atoms with E-state index in [0.717, 1.165) is 54.8 Å². The summed E-state index contributed by atoms with van der Waals surface area (Å²) in [6.07, 6.45) is 0. The quantitative estimate of drug-likeness (QED) is 0.741. The molecule has 3 rings (SSSR count). The Morgan fingerprint density at radius 1 is 0.963 bits per heavy atom. The van der Waals surface area contributed by atoms with Gasteiger partial charge in [-0.15, -0.1) is 0 Å². The molecule has 5 heteroatoms. The molecule has 4 nitrogen and oxygen atoms in total. The van der Waals surface area contributed by atoms with E-state index >= 15 is 0 Å². The van der Waals surface area contributed by atoms with Gasteiger partial charge in [-0.2, -0.15) is 0 Å². The summed E-state index contributed by atoms with van der Waals surface area (Å²) < 4.78 is 11.4. The molecule has 0 bridgehead atoms. The first-order valence-corrected chi connectivity index (χ1v) is 10.2. The zero-order valence-electron chi connectivity index (χ0n) is 16.2. The number of ether oxygens (including phenoxy) is 2. The molecule has 2 aromatic carbocycles. The second kappa shape index (κ2) is 9.72. The van der Waals surface area contributed by atoms with Crippen LogP contribution in [0, 0.1) is 0 Å². The number of piperazine rings is 1. The lowest BCUT2D eigenvalue weighted by molar-refractivity contribution is -0.917. The highest BCUT2D eigenvalue weighted by Crippen LogP contribution is 2.29. The van der Waals surface area contributed by atoms with Gasteiger partial charge in [-0.25, -0.2) is 0 Å². The van der Waals surface area contributed by atoms with Gasteiger partial charge in [0.2, 0.25) is 0 Å². The standard InChI is InChI=1S/C22H28N2O2S/c1-3-25-20-11-10-19(16-21(20)26-4-2)22(27)24-14-12-23(13-15-24)17-18-8-6-5-7-9-18/h5-11,16H,3-4,12-15,17H2,1-2H3/p+1. The Balaban J connectivity index is 1.61. The maximum atomic E-state index is 5.78. The third-order valence-electron chi connectivity index (χ3n) is 4.85. The summed E-state index contributed by atoms with van der Waals surface area (Å²) in [7, 11) is 0. The van der Waals surface area contributed by atoms with E-state index in [9.17, 15) is 0 Å². The van der Waals surface area contributed by atoms with Crippen molar-refractivity contribution in [2.24, 2.45) is 0 Å². The number of hydrogen-bond acceptors (Lipinski definition) is 3. The predicted octanol–water partition coefficient (Wildman–Crippen LogP) is 2.56. The zero-order chi connectivity index (χ0) is 19.1. The van der Waals surface area contributed by atoms with Gasteiger partial charge in [0.1, 0.15) is 11.5 Å². The van der Waals surface area contributed by atoms with Gasteiger partial charge in [0.25, 0.3) is 0 Å². The number of nitrogens with one attached hydrogen (secondary N) is 1. The maximum Gasteiger partial charge on any atom is 0.161 e. The first kappa shape index (κ1) is 19.6. The molecule has 1 aliphatic heterocycles. The van der Waals surface area contributed by atoms with E-state index in [1.165, 1.54) is 5.56 Å². The molecule has 0 aromatic heterocycles. The Hall–Kier alpha value is -2.11. The highest BCUT2D eigenvalue weighted by molar-refractivity contribution is 7.80. The number of benzene rings is 2. The van der Waals surface area contributed by atoms with E-state index in [2.05, 4.69) is 35.2 Å². The van der Waals surface area contributed by atoms with E-state index in [0.29, 0.717) is 13.2 Å². The molecular weight excluding hydrogens is 356 g/mol. The molecule has 0 atom stereocenters. The summed E-state index contributed by atoms with van der Waals surface area (Å²) in [6, 6.07) is 16.7. The van der Waals surface area contributed by atoms with Crippen molar-refractivity contribution in [3.8, 4) is 11.5 Å². The molecule has 144 valence electrons. The topological polar surface area (TPSA) is 26.1 Å². The normalized spacial score (nSPS) is 14.8. The Labute approximate surface area is 167 Å². The second-order valence-corrected chi connectivity index (χ2v) is 7.12. The largest absolute Gasteiger partial charge is 0.490 e. The minimum absolute atomic E-state index is 0.609. The number of rotatable bonds is 7. The smallest absolute Gasteiger partial charge is 0.161 e. The molecule has 1 fully saturated rings. The van der Waals surface area contributed by atoms with Crippen molar-refractivity contribution in [1.82, 2.24) is 4.90 Å². The van der Waals surface area contributed by atoms with Gasteiger partial charge in [-0.05, 0) is 32.0 Å². The summed E-state index contributed by atoms with van der Waals surface area (Å²) in [4.78, 5) is 4.83. The number of thiocarbonyl (C=S) groups is 1. The molecule has 1 N–H and O–H groups in total. The third-order valence-corrected chi connectivity index (χ3v) is 5.34. The summed E-state index contributed by atoms with van der Waals surface area (Å²) in [5, 5.41) is 0. The monoisotopic (exact) mass is 385 g/mol. The van der Waals surface area contributed by atoms with Gasteiger partial charge in [0.15, 0.2) is 11.5 Å². The van der Waals surface area contributed by atoms with Crippen molar-refractivity contribution in [1.29, 1.82) is 0 Å². The Morgan fingerprint density at radius 2 is 1.63 bits per heavy atom. The fourth-order valence-corrected chi connectivity index (χ4v) is 3.76. The average Bonchev–Trinajstić information content (AvgIpc) is 2.70. The fraction of sp³-hybridized carbons (Fsp3) is 0.409. The van der Waals surface area contributed by atoms with Crippen molar-refractivity contribution in [2.75, 3.05) is 39.4 Å². The molecular formula is C22H29N2O2S+. The molecule has 0 unspecified atom stereocenters. The van der Waals surface area contributed by atoms with Crippen LogP contribution in [-0.2, 0) is 6.54 Å². The van der Waals surface area contributed by atoms with Crippen molar-refractivity contribution in [3.63, 3.8) is 0 Å². The average molecular weight is 386 g/mol. The fourth-order valence-electron chi connectivity index (χ4n) is 3.45. The lowest BCUT2D eigenvalue weighted by Crippen LogP contribution is -3.13. The Morgan fingerprint density at radius 3 is 2.30 bits per heavy atom. The van der Waals surface area contributed by atoms with Gasteiger partial charge < -0.3 is 19.3 Å². The van der Waals surface area contributed by atoms with Gasteiger partial charge in [0, 0.05) is 11.1 Å². The molecule has 0 amide bonds. The van der Waals surface area contributed by atoms with Crippen LogP contribution in [0.2, 0.25) is 0 Å². The minimum Gasteiger partial charge on any atom is -0.490 e. The molecule has 27 heavy (non-hydrogen) atoms. The first-order valence-electron chi connectivity index (χ1n) is 9.77. The van der Waals surface area contributed by atoms with Gasteiger partial charge in [-0.1, -0.05) is 42.5 Å². The van der Waals surface area contributed by atoms with Crippen LogP contribution < -0.4 is 14.4 Å². The van der Waals surface area contributed by atoms with Crippen LogP contribution in [0.5, 0.6) is 11.5 Å². The summed E-state index contributed by atoms with van der Waals surface area (Å²) in [5.41, 5.74) is 2.43. The molecule has 0 saturated carbocycles. The highest BCUT2D eigenvalue weighted by Gasteiger charge is 2.23. The van der Waals surface area contributed by atoms with Gasteiger partial charge in [-0.3, -0.25) is 0 Å². The van der Waals surface area contributed by atoms with E-state index in [1.54, 1.807) is 4.90 Å². The molecule has 1 saturated heterocycles. The van der Waals surface area contributed by atoms with E-state index < -0.39 is 0 Å². The lowest BCUT2D eigenvalue weighted by Gasteiger charge is -2.34. The van der Waals surface area contributed by atoms with E-state index in [4.69, 9.17) is 21.7 Å². The van der Waals surface area contributed by atoms with Gasteiger partial charge in [0.05, 0.1) is 39.4 Å². The van der Waals surface area contributed by atoms with Crippen LogP contribution in [0.3, 0.4) is 0 Å². The van der Waals surface area contributed by atoms with Crippen LogP contribution in [-0.4, -0.2) is 49.3 Å². The van der Waals surface area contributed by atoms with Crippen molar-refractivity contribution >= 4 is 17.2 Å². The summed E-state index contributed by atoms with van der Waals surface area (Å²) in [5.74, 6) is 1.55. The summed E-state index contributed by atoms with van der Waals surface area (Å²) >= 11 is 5.78. The Bertz CT molecular complexity index is 743.